The van der Waals surface area contributed by atoms with Crippen molar-refractivity contribution in [3.05, 3.63) is 30.3 Å². The lowest BCUT2D eigenvalue weighted by Gasteiger charge is -2.36. The van der Waals surface area contributed by atoms with Crippen LogP contribution in [0.3, 0.4) is 0 Å². The molecule has 118 valence electrons. The van der Waals surface area contributed by atoms with E-state index in [9.17, 15) is 0 Å². The Morgan fingerprint density at radius 1 is 1.10 bits per heavy atom. The van der Waals surface area contributed by atoms with Crippen molar-refractivity contribution in [2.75, 3.05) is 52.1 Å². The van der Waals surface area contributed by atoms with Gasteiger partial charge in [0.05, 0.1) is 0 Å². The molecule has 0 spiro atoms. The highest BCUT2D eigenvalue weighted by atomic mass is 32.2. The third-order valence-corrected chi connectivity index (χ3v) is 5.26. The number of nitrogens with one attached hydrogen (secondary N) is 1. The van der Waals surface area contributed by atoms with E-state index in [2.05, 4.69) is 59.4 Å². The molecule has 0 radical (unpaired) electrons. The second-order valence-electron chi connectivity index (χ2n) is 5.75. The summed E-state index contributed by atoms with van der Waals surface area (Å²) >= 11 is 1.95. The molecule has 0 bridgehead atoms. The second kappa shape index (κ2) is 9.46. The summed E-state index contributed by atoms with van der Waals surface area (Å²) in [6, 6.07) is 11.3. The number of hydrogen-bond donors (Lipinski definition) is 1. The van der Waals surface area contributed by atoms with Crippen molar-refractivity contribution in [1.29, 1.82) is 0 Å². The Hall–Kier alpha value is -0.550. The van der Waals surface area contributed by atoms with Crippen LogP contribution in [0.4, 0.5) is 0 Å². The summed E-state index contributed by atoms with van der Waals surface area (Å²) in [6.07, 6.45) is 1.27. The van der Waals surface area contributed by atoms with Gasteiger partial charge in [0, 0.05) is 49.4 Å². The van der Waals surface area contributed by atoms with Crippen molar-refractivity contribution in [3.8, 4) is 0 Å². The van der Waals surface area contributed by atoms with E-state index < -0.39 is 0 Å². The number of piperazine rings is 1. The van der Waals surface area contributed by atoms with Gasteiger partial charge in [0.15, 0.2) is 0 Å². The van der Waals surface area contributed by atoms with Crippen LogP contribution in [0.25, 0.3) is 0 Å². The summed E-state index contributed by atoms with van der Waals surface area (Å²) in [4.78, 5) is 6.56. The summed E-state index contributed by atoms with van der Waals surface area (Å²) in [5, 5.41) is 3.48. The predicted molar refractivity (Wildman–Crippen MR) is 93.2 cm³/mol. The van der Waals surface area contributed by atoms with Crippen LogP contribution in [0.2, 0.25) is 0 Å². The third-order valence-electron chi connectivity index (χ3n) is 4.09. The molecule has 1 heterocycles. The van der Waals surface area contributed by atoms with Gasteiger partial charge in [-0.15, -0.1) is 11.8 Å². The van der Waals surface area contributed by atoms with Crippen LogP contribution in [0.1, 0.15) is 13.3 Å². The highest BCUT2D eigenvalue weighted by molar-refractivity contribution is 7.99. The maximum absolute atomic E-state index is 3.48. The number of nitrogens with zero attached hydrogens (tertiary/aromatic N) is 2. The van der Waals surface area contributed by atoms with Crippen LogP contribution in [0.5, 0.6) is 0 Å². The maximum atomic E-state index is 3.48. The largest absolute Gasteiger partial charge is 0.315 e. The highest BCUT2D eigenvalue weighted by Crippen LogP contribution is 2.18. The Kier molecular flexibility index (Phi) is 7.58. The smallest absolute Gasteiger partial charge is 0.0286 e. The summed E-state index contributed by atoms with van der Waals surface area (Å²) in [7, 11) is 2.09. The van der Waals surface area contributed by atoms with Crippen LogP contribution in [-0.4, -0.2) is 67.9 Å². The van der Waals surface area contributed by atoms with Crippen molar-refractivity contribution in [2.24, 2.45) is 0 Å². The van der Waals surface area contributed by atoms with Crippen LogP contribution in [0.15, 0.2) is 35.2 Å². The average Bonchev–Trinajstić information content (AvgIpc) is 2.54. The van der Waals surface area contributed by atoms with Crippen molar-refractivity contribution >= 4 is 11.8 Å². The monoisotopic (exact) mass is 307 g/mol. The average molecular weight is 308 g/mol. The molecule has 1 unspecified atom stereocenters. The number of hydrogen-bond acceptors (Lipinski definition) is 4. The Balaban J connectivity index is 1.70. The normalized spacial score (nSPS) is 18.8. The molecule has 2 rings (SSSR count). The minimum absolute atomic E-state index is 0.563. The minimum Gasteiger partial charge on any atom is -0.315 e. The summed E-state index contributed by atoms with van der Waals surface area (Å²) in [5.74, 6) is 1.13. The number of rotatable bonds is 8. The van der Waals surface area contributed by atoms with Gasteiger partial charge in [-0.1, -0.05) is 25.1 Å². The highest BCUT2D eigenvalue weighted by Gasteiger charge is 2.19. The number of thioether (sulfide) groups is 1. The third kappa shape index (κ3) is 5.99. The van der Waals surface area contributed by atoms with Crippen molar-refractivity contribution in [1.82, 2.24) is 15.1 Å². The molecule has 0 amide bonds. The zero-order valence-corrected chi connectivity index (χ0v) is 14.2. The van der Waals surface area contributed by atoms with Crippen LogP contribution < -0.4 is 5.32 Å². The van der Waals surface area contributed by atoms with Gasteiger partial charge in [0.25, 0.3) is 0 Å². The molecule has 1 fully saturated rings. The first-order chi connectivity index (χ1) is 10.3. The van der Waals surface area contributed by atoms with E-state index in [0.717, 1.165) is 12.3 Å². The Morgan fingerprint density at radius 2 is 1.76 bits per heavy atom. The SMILES string of the molecule is CCCN1CCN(CC(CSc2ccccc2)NC)CC1. The Labute approximate surface area is 134 Å². The van der Waals surface area contributed by atoms with Gasteiger partial charge in [-0.05, 0) is 32.1 Å². The van der Waals surface area contributed by atoms with Gasteiger partial charge < -0.3 is 10.2 Å². The molecular weight excluding hydrogens is 278 g/mol. The van der Waals surface area contributed by atoms with Gasteiger partial charge in [-0.2, -0.15) is 0 Å². The molecule has 4 heteroatoms. The topological polar surface area (TPSA) is 18.5 Å². The first kappa shape index (κ1) is 16.8. The van der Waals surface area contributed by atoms with Crippen LogP contribution >= 0.6 is 11.8 Å². The van der Waals surface area contributed by atoms with Crippen LogP contribution in [-0.2, 0) is 0 Å². The quantitative estimate of drug-likeness (QED) is 0.743. The molecular formula is C17H29N3S. The van der Waals surface area contributed by atoms with Gasteiger partial charge in [-0.3, -0.25) is 4.90 Å². The number of benzene rings is 1. The van der Waals surface area contributed by atoms with Gasteiger partial charge in [-0.25, -0.2) is 0 Å². The van der Waals surface area contributed by atoms with E-state index in [-0.39, 0.29) is 0 Å². The van der Waals surface area contributed by atoms with E-state index in [4.69, 9.17) is 0 Å². The van der Waals surface area contributed by atoms with Crippen molar-refractivity contribution in [3.63, 3.8) is 0 Å². The molecule has 0 aromatic heterocycles. The maximum Gasteiger partial charge on any atom is 0.0286 e. The lowest BCUT2D eigenvalue weighted by molar-refractivity contribution is 0.126. The molecule has 1 aliphatic rings. The van der Waals surface area contributed by atoms with E-state index in [1.54, 1.807) is 0 Å². The minimum atomic E-state index is 0.563. The van der Waals surface area contributed by atoms with Crippen LogP contribution in [0, 0.1) is 0 Å². The predicted octanol–water partition coefficient (Wildman–Crippen LogP) is 2.39. The van der Waals surface area contributed by atoms with E-state index in [0.29, 0.717) is 6.04 Å². The fraction of sp³-hybridized carbons (Fsp3) is 0.647. The zero-order valence-electron chi connectivity index (χ0n) is 13.4. The van der Waals surface area contributed by atoms with E-state index >= 15 is 0 Å². The summed E-state index contributed by atoms with van der Waals surface area (Å²) in [6.45, 7) is 9.59. The van der Waals surface area contributed by atoms with Crippen molar-refractivity contribution < 1.29 is 0 Å². The summed E-state index contributed by atoms with van der Waals surface area (Å²) < 4.78 is 0. The molecule has 0 aliphatic carbocycles. The van der Waals surface area contributed by atoms with Crippen molar-refractivity contribution in [2.45, 2.75) is 24.3 Å². The van der Waals surface area contributed by atoms with E-state index in [1.807, 2.05) is 11.8 Å². The fourth-order valence-corrected chi connectivity index (χ4v) is 3.78. The number of likely N-dealkylation sites (N-methyl/N-ethyl adjacent to an activating group) is 1. The molecule has 1 aromatic carbocycles. The zero-order chi connectivity index (χ0) is 14.9. The Bertz CT molecular complexity index is 377. The standard InChI is InChI=1S/C17H29N3S/c1-3-9-19-10-12-20(13-11-19)14-16(18-2)15-21-17-7-5-4-6-8-17/h4-8,16,18H,3,9-15H2,1-2H3. The molecule has 1 aliphatic heterocycles. The Morgan fingerprint density at radius 3 is 2.38 bits per heavy atom. The molecule has 1 saturated heterocycles. The van der Waals surface area contributed by atoms with E-state index in [1.165, 1.54) is 44.0 Å². The summed E-state index contributed by atoms with van der Waals surface area (Å²) in [5.41, 5.74) is 0. The lowest BCUT2D eigenvalue weighted by Crippen LogP contribution is -2.50. The molecule has 1 atom stereocenters. The molecule has 21 heavy (non-hydrogen) atoms. The second-order valence-corrected chi connectivity index (χ2v) is 6.85. The van der Waals surface area contributed by atoms with Gasteiger partial charge >= 0.3 is 0 Å². The fourth-order valence-electron chi connectivity index (χ4n) is 2.76. The van der Waals surface area contributed by atoms with Gasteiger partial charge in [0.2, 0.25) is 0 Å². The molecule has 0 saturated carbocycles. The molecule has 1 aromatic rings. The first-order valence-corrected chi connectivity index (χ1v) is 9.10. The molecule has 1 N–H and O–H groups in total. The lowest BCUT2D eigenvalue weighted by atomic mass is 10.2. The molecule has 3 nitrogen and oxygen atoms in total. The first-order valence-electron chi connectivity index (χ1n) is 8.11. The van der Waals surface area contributed by atoms with Gasteiger partial charge in [0.1, 0.15) is 0 Å².